The number of ether oxygens (including phenoxy) is 3. The van der Waals surface area contributed by atoms with Crippen molar-refractivity contribution in [3.63, 3.8) is 0 Å². The molecule has 7 nitrogen and oxygen atoms in total. The van der Waals surface area contributed by atoms with E-state index in [1.807, 2.05) is 6.07 Å². The van der Waals surface area contributed by atoms with E-state index in [1.54, 1.807) is 32.2 Å². The Morgan fingerprint density at radius 1 is 1.26 bits per heavy atom. The normalized spacial score (nSPS) is 17.3. The number of allylic oxidation sites excluding steroid dienone is 1. The van der Waals surface area contributed by atoms with Gasteiger partial charge in [-0.05, 0) is 24.6 Å². The fourth-order valence-electron chi connectivity index (χ4n) is 2.33. The largest absolute Gasteiger partial charge is 0.497 e. The summed E-state index contributed by atoms with van der Waals surface area (Å²) in [5, 5.41) is 5.34. The van der Waals surface area contributed by atoms with Crippen LogP contribution in [0.25, 0.3) is 0 Å². The van der Waals surface area contributed by atoms with Crippen LogP contribution >= 0.6 is 0 Å². The zero-order valence-corrected chi connectivity index (χ0v) is 13.3. The van der Waals surface area contributed by atoms with Gasteiger partial charge in [0.05, 0.1) is 25.3 Å². The van der Waals surface area contributed by atoms with Crippen LogP contribution in [0.3, 0.4) is 0 Å². The maximum absolute atomic E-state index is 12.4. The van der Waals surface area contributed by atoms with Gasteiger partial charge in [0.25, 0.3) is 0 Å². The molecule has 0 saturated carbocycles. The first-order valence-electron chi connectivity index (χ1n) is 7.15. The van der Waals surface area contributed by atoms with Gasteiger partial charge in [0.15, 0.2) is 0 Å². The minimum atomic E-state index is -0.603. The maximum Gasteiger partial charge on any atom is 0.338 e. The van der Waals surface area contributed by atoms with E-state index in [9.17, 15) is 9.59 Å². The van der Waals surface area contributed by atoms with Crippen LogP contribution < -0.4 is 15.4 Å². The number of carbonyl (C=O) groups excluding carboxylic acids is 2. The van der Waals surface area contributed by atoms with Gasteiger partial charge in [0.2, 0.25) is 0 Å². The Hall–Kier alpha value is -2.54. The number of nitrogens with one attached hydrogen (secondary N) is 2. The van der Waals surface area contributed by atoms with Crippen LogP contribution in [-0.4, -0.2) is 39.4 Å². The summed E-state index contributed by atoms with van der Waals surface area (Å²) in [5.41, 5.74) is 1.55. The number of hydrogen-bond acceptors (Lipinski definition) is 5. The lowest BCUT2D eigenvalue weighted by Gasteiger charge is -2.28. The zero-order chi connectivity index (χ0) is 16.8. The Balaban J connectivity index is 2.32. The van der Waals surface area contributed by atoms with Crippen molar-refractivity contribution in [2.45, 2.75) is 13.0 Å². The first-order valence-corrected chi connectivity index (χ1v) is 7.15. The second-order valence-corrected chi connectivity index (χ2v) is 4.98. The van der Waals surface area contributed by atoms with Crippen molar-refractivity contribution < 1.29 is 23.8 Å². The molecular formula is C16H20N2O5. The number of methoxy groups -OCH3 is 2. The van der Waals surface area contributed by atoms with Gasteiger partial charge in [-0.15, -0.1) is 0 Å². The summed E-state index contributed by atoms with van der Waals surface area (Å²) in [6.45, 7) is 2.12. The number of carbonyl (C=O) groups is 2. The second kappa shape index (κ2) is 7.64. The van der Waals surface area contributed by atoms with E-state index in [0.717, 1.165) is 5.56 Å². The molecule has 1 heterocycles. The number of rotatable bonds is 6. The minimum absolute atomic E-state index is 0.144. The summed E-state index contributed by atoms with van der Waals surface area (Å²) in [4.78, 5) is 24.2. The summed E-state index contributed by atoms with van der Waals surface area (Å²) in [6.07, 6.45) is 0. The van der Waals surface area contributed by atoms with Gasteiger partial charge in [0.1, 0.15) is 12.4 Å². The third kappa shape index (κ3) is 4.01. The molecule has 0 aromatic heterocycles. The first kappa shape index (κ1) is 16.8. The molecule has 0 fully saturated rings. The van der Waals surface area contributed by atoms with Crippen LogP contribution in [0, 0.1) is 0 Å². The van der Waals surface area contributed by atoms with E-state index < -0.39 is 12.0 Å². The molecule has 1 atom stereocenters. The van der Waals surface area contributed by atoms with E-state index in [0.29, 0.717) is 23.6 Å². The van der Waals surface area contributed by atoms with Gasteiger partial charge in [-0.1, -0.05) is 12.1 Å². The van der Waals surface area contributed by atoms with Crippen molar-refractivity contribution in [3.8, 4) is 5.75 Å². The average Bonchev–Trinajstić information content (AvgIpc) is 2.54. The number of esters is 1. The lowest BCUT2D eigenvalue weighted by Crippen LogP contribution is -2.45. The SMILES string of the molecule is COCCOC(=O)C1=C(C)NC(=O)N[C@H]1c1cccc(OC)c1. The topological polar surface area (TPSA) is 85.9 Å². The zero-order valence-electron chi connectivity index (χ0n) is 13.3. The Morgan fingerprint density at radius 3 is 2.74 bits per heavy atom. The monoisotopic (exact) mass is 320 g/mol. The Labute approximate surface area is 134 Å². The van der Waals surface area contributed by atoms with Crippen molar-refractivity contribution in [3.05, 3.63) is 41.1 Å². The summed E-state index contributed by atoms with van der Waals surface area (Å²) in [6, 6.07) is 6.20. The molecule has 0 bridgehead atoms. The molecule has 2 rings (SSSR count). The molecule has 0 spiro atoms. The van der Waals surface area contributed by atoms with E-state index in [2.05, 4.69) is 10.6 Å². The van der Waals surface area contributed by atoms with Crippen molar-refractivity contribution in [1.82, 2.24) is 10.6 Å². The number of amides is 2. The standard InChI is InChI=1S/C16H20N2O5/c1-10-13(15(19)23-8-7-21-2)14(18-16(20)17-10)11-5-4-6-12(9-11)22-3/h4-6,9,14H,7-8H2,1-3H3,(H2,17,18,20)/t14-/m0/s1. The highest BCUT2D eigenvalue weighted by Gasteiger charge is 2.32. The minimum Gasteiger partial charge on any atom is -0.497 e. The summed E-state index contributed by atoms with van der Waals surface area (Å²) >= 11 is 0. The summed E-state index contributed by atoms with van der Waals surface area (Å²) < 4.78 is 15.3. The molecule has 1 aliphatic rings. The van der Waals surface area contributed by atoms with Crippen LogP contribution in [-0.2, 0) is 14.3 Å². The Bertz CT molecular complexity index is 627. The highest BCUT2D eigenvalue weighted by molar-refractivity contribution is 5.95. The number of benzene rings is 1. The molecule has 0 saturated heterocycles. The first-order chi connectivity index (χ1) is 11.1. The molecule has 0 unspecified atom stereocenters. The third-order valence-electron chi connectivity index (χ3n) is 3.44. The third-order valence-corrected chi connectivity index (χ3v) is 3.44. The predicted molar refractivity (Wildman–Crippen MR) is 82.9 cm³/mol. The van der Waals surface area contributed by atoms with E-state index in [1.165, 1.54) is 7.11 Å². The van der Waals surface area contributed by atoms with Gasteiger partial charge in [0, 0.05) is 12.8 Å². The molecular weight excluding hydrogens is 300 g/mol. The average molecular weight is 320 g/mol. The summed E-state index contributed by atoms with van der Waals surface area (Å²) in [7, 11) is 3.08. The quantitative estimate of drug-likeness (QED) is 0.613. The Morgan fingerprint density at radius 2 is 2.04 bits per heavy atom. The van der Waals surface area contributed by atoms with Crippen LogP contribution in [0.4, 0.5) is 4.79 Å². The van der Waals surface area contributed by atoms with Crippen LogP contribution in [0.2, 0.25) is 0 Å². The number of hydrogen-bond donors (Lipinski definition) is 2. The lowest BCUT2D eigenvalue weighted by atomic mass is 9.95. The highest BCUT2D eigenvalue weighted by atomic mass is 16.6. The predicted octanol–water partition coefficient (Wildman–Crippen LogP) is 1.51. The molecule has 0 aliphatic carbocycles. The van der Waals surface area contributed by atoms with Crippen molar-refractivity contribution >= 4 is 12.0 Å². The fraction of sp³-hybridized carbons (Fsp3) is 0.375. The van der Waals surface area contributed by atoms with Crippen molar-refractivity contribution in [2.24, 2.45) is 0 Å². The van der Waals surface area contributed by atoms with Gasteiger partial charge in [-0.3, -0.25) is 0 Å². The summed E-state index contributed by atoms with van der Waals surface area (Å²) in [5.74, 6) is 0.139. The van der Waals surface area contributed by atoms with E-state index >= 15 is 0 Å². The van der Waals surface area contributed by atoms with Crippen molar-refractivity contribution in [1.29, 1.82) is 0 Å². The molecule has 1 aromatic rings. The van der Waals surface area contributed by atoms with Gasteiger partial charge in [-0.2, -0.15) is 0 Å². The van der Waals surface area contributed by atoms with Crippen LogP contribution in [0.1, 0.15) is 18.5 Å². The molecule has 2 N–H and O–H groups in total. The maximum atomic E-state index is 12.4. The van der Waals surface area contributed by atoms with Crippen LogP contribution in [0.15, 0.2) is 35.5 Å². The molecule has 2 amide bonds. The van der Waals surface area contributed by atoms with Gasteiger partial charge in [-0.25, -0.2) is 9.59 Å². The molecule has 1 aliphatic heterocycles. The molecule has 23 heavy (non-hydrogen) atoms. The smallest absolute Gasteiger partial charge is 0.338 e. The fourth-order valence-corrected chi connectivity index (χ4v) is 2.33. The molecule has 0 radical (unpaired) electrons. The van der Waals surface area contributed by atoms with Gasteiger partial charge >= 0.3 is 12.0 Å². The second-order valence-electron chi connectivity index (χ2n) is 4.98. The number of urea groups is 1. The van der Waals surface area contributed by atoms with Crippen LogP contribution in [0.5, 0.6) is 5.75 Å². The van der Waals surface area contributed by atoms with E-state index in [4.69, 9.17) is 14.2 Å². The highest BCUT2D eigenvalue weighted by Crippen LogP contribution is 2.29. The van der Waals surface area contributed by atoms with E-state index in [-0.39, 0.29) is 12.6 Å². The molecule has 124 valence electrons. The van der Waals surface area contributed by atoms with Crippen molar-refractivity contribution in [2.75, 3.05) is 27.4 Å². The molecule has 1 aromatic carbocycles. The molecule has 7 heteroatoms. The van der Waals surface area contributed by atoms with Gasteiger partial charge < -0.3 is 24.8 Å². The lowest BCUT2D eigenvalue weighted by molar-refractivity contribution is -0.140. The Kier molecular flexibility index (Phi) is 5.59.